The average Bonchev–Trinajstić information content (AvgIpc) is 3.35. The molecule has 12 heteroatoms. The average molecular weight is 551 g/mol. The molecular formula is C25H31ClN4O6S. The minimum atomic E-state index is -3.99. The molecule has 1 fully saturated rings. The Balaban J connectivity index is 1.94. The second kappa shape index (κ2) is 12.4. The highest BCUT2D eigenvalue weighted by molar-refractivity contribution is 7.92. The Bertz CT molecular complexity index is 1230. The van der Waals surface area contributed by atoms with Crippen molar-refractivity contribution in [2.45, 2.75) is 57.7 Å². The fourth-order valence-corrected chi connectivity index (χ4v) is 5.42. The summed E-state index contributed by atoms with van der Waals surface area (Å²) in [6.07, 6.45) is 5.05. The monoisotopic (exact) mass is 550 g/mol. The summed E-state index contributed by atoms with van der Waals surface area (Å²) in [4.78, 5) is 38.9. The zero-order valence-electron chi connectivity index (χ0n) is 20.8. The fourth-order valence-electron chi connectivity index (χ4n) is 4.45. The molecule has 0 aromatic heterocycles. The van der Waals surface area contributed by atoms with Gasteiger partial charge < -0.3 is 10.2 Å². The summed E-state index contributed by atoms with van der Waals surface area (Å²) < 4.78 is 26.1. The van der Waals surface area contributed by atoms with E-state index in [4.69, 9.17) is 11.6 Å². The minimum absolute atomic E-state index is 0.0139. The van der Waals surface area contributed by atoms with Crippen molar-refractivity contribution in [2.75, 3.05) is 17.1 Å². The van der Waals surface area contributed by atoms with E-state index in [2.05, 4.69) is 5.32 Å². The van der Waals surface area contributed by atoms with Gasteiger partial charge in [0, 0.05) is 29.7 Å². The predicted molar refractivity (Wildman–Crippen MR) is 142 cm³/mol. The molecular weight excluding hydrogens is 520 g/mol. The van der Waals surface area contributed by atoms with Crippen molar-refractivity contribution in [1.29, 1.82) is 0 Å². The van der Waals surface area contributed by atoms with Crippen LogP contribution in [0, 0.1) is 10.1 Å². The quantitative estimate of drug-likeness (QED) is 0.334. The van der Waals surface area contributed by atoms with Gasteiger partial charge >= 0.3 is 0 Å². The van der Waals surface area contributed by atoms with E-state index in [9.17, 15) is 28.1 Å². The summed E-state index contributed by atoms with van der Waals surface area (Å²) in [6, 6.07) is 11.1. The molecule has 3 rings (SSSR count). The van der Waals surface area contributed by atoms with Crippen LogP contribution in [-0.4, -0.2) is 54.9 Å². The third kappa shape index (κ3) is 7.65. The largest absolute Gasteiger partial charge is 0.352 e. The van der Waals surface area contributed by atoms with Crippen molar-refractivity contribution >= 4 is 44.8 Å². The number of nitro groups is 1. The Morgan fingerprint density at radius 2 is 1.81 bits per heavy atom. The van der Waals surface area contributed by atoms with Crippen LogP contribution in [0.5, 0.6) is 0 Å². The number of carbonyl (C=O) groups is 2. The molecule has 1 aliphatic rings. The van der Waals surface area contributed by atoms with Crippen molar-refractivity contribution < 1.29 is 22.9 Å². The second-order valence-electron chi connectivity index (χ2n) is 9.11. The van der Waals surface area contributed by atoms with Gasteiger partial charge in [0.1, 0.15) is 12.6 Å². The van der Waals surface area contributed by atoms with Gasteiger partial charge in [0.25, 0.3) is 5.69 Å². The first kappa shape index (κ1) is 28.4. The molecule has 0 aliphatic heterocycles. The first-order valence-electron chi connectivity index (χ1n) is 12.1. The normalized spacial score (nSPS) is 14.7. The number of non-ortho nitro benzene ring substituents is 1. The molecule has 200 valence electrons. The summed E-state index contributed by atoms with van der Waals surface area (Å²) in [7, 11) is -3.99. The molecule has 2 amide bonds. The van der Waals surface area contributed by atoms with Crippen LogP contribution in [0.15, 0.2) is 48.5 Å². The highest BCUT2D eigenvalue weighted by atomic mass is 35.5. The summed E-state index contributed by atoms with van der Waals surface area (Å²) in [5.74, 6) is -0.904. The van der Waals surface area contributed by atoms with Gasteiger partial charge in [-0.15, -0.1) is 0 Å². The number of anilines is 1. The molecule has 0 saturated heterocycles. The van der Waals surface area contributed by atoms with E-state index in [0.717, 1.165) is 42.3 Å². The van der Waals surface area contributed by atoms with Crippen LogP contribution >= 0.6 is 11.6 Å². The summed E-state index contributed by atoms with van der Waals surface area (Å²) in [5.41, 5.74) is 0.394. The van der Waals surface area contributed by atoms with Crippen molar-refractivity contribution in [1.82, 2.24) is 10.2 Å². The Labute approximate surface area is 221 Å². The molecule has 10 nitrogen and oxygen atoms in total. The van der Waals surface area contributed by atoms with Crippen molar-refractivity contribution in [3.05, 3.63) is 69.2 Å². The number of nitro benzene ring substituents is 1. The van der Waals surface area contributed by atoms with Gasteiger partial charge in [-0.25, -0.2) is 8.42 Å². The van der Waals surface area contributed by atoms with Crippen LogP contribution in [0.2, 0.25) is 5.02 Å². The molecule has 1 saturated carbocycles. The fraction of sp³-hybridized carbons (Fsp3) is 0.440. The minimum Gasteiger partial charge on any atom is -0.352 e. The Morgan fingerprint density at radius 3 is 2.38 bits per heavy atom. The highest BCUT2D eigenvalue weighted by Gasteiger charge is 2.33. The molecule has 2 aromatic rings. The molecule has 0 radical (unpaired) electrons. The number of amides is 2. The number of nitrogens with one attached hydrogen (secondary N) is 1. The van der Waals surface area contributed by atoms with Crippen molar-refractivity contribution in [3.63, 3.8) is 0 Å². The lowest BCUT2D eigenvalue weighted by molar-refractivity contribution is -0.384. The highest BCUT2D eigenvalue weighted by Crippen LogP contribution is 2.25. The van der Waals surface area contributed by atoms with Gasteiger partial charge in [0.2, 0.25) is 21.8 Å². The molecule has 2 aromatic carbocycles. The smallest absolute Gasteiger partial charge is 0.271 e. The maximum atomic E-state index is 13.7. The first-order chi connectivity index (χ1) is 17.5. The number of hydrogen-bond donors (Lipinski definition) is 1. The Kier molecular flexibility index (Phi) is 9.50. The molecule has 0 heterocycles. The van der Waals surface area contributed by atoms with Crippen molar-refractivity contribution in [3.8, 4) is 0 Å². The van der Waals surface area contributed by atoms with E-state index in [0.29, 0.717) is 17.0 Å². The summed E-state index contributed by atoms with van der Waals surface area (Å²) in [5, 5.41) is 14.8. The number of carbonyl (C=O) groups excluding carboxylic acids is 2. The third-order valence-corrected chi connectivity index (χ3v) is 7.75. The Hall–Kier alpha value is -3.18. The lowest BCUT2D eigenvalue weighted by atomic mass is 10.1. The second-order valence-corrected chi connectivity index (χ2v) is 11.5. The zero-order chi connectivity index (χ0) is 27.2. The van der Waals surface area contributed by atoms with Gasteiger partial charge in [-0.2, -0.15) is 0 Å². The number of nitrogens with zero attached hydrogens (tertiary/aromatic N) is 3. The van der Waals surface area contributed by atoms with E-state index in [1.165, 1.54) is 23.1 Å². The molecule has 1 aliphatic carbocycles. The Morgan fingerprint density at radius 1 is 1.16 bits per heavy atom. The molecule has 1 N–H and O–H groups in total. The number of hydrogen-bond acceptors (Lipinski definition) is 6. The lowest BCUT2D eigenvalue weighted by Gasteiger charge is -2.33. The van der Waals surface area contributed by atoms with Gasteiger partial charge in [-0.05, 0) is 43.0 Å². The molecule has 37 heavy (non-hydrogen) atoms. The lowest BCUT2D eigenvalue weighted by Crippen LogP contribution is -2.53. The van der Waals surface area contributed by atoms with Crippen LogP contribution in [0.25, 0.3) is 0 Å². The van der Waals surface area contributed by atoms with Crippen LogP contribution in [0.1, 0.15) is 44.6 Å². The number of sulfonamides is 1. The van der Waals surface area contributed by atoms with E-state index in [-0.39, 0.29) is 29.9 Å². The van der Waals surface area contributed by atoms with Crippen LogP contribution in [0.3, 0.4) is 0 Å². The van der Waals surface area contributed by atoms with Crippen LogP contribution in [-0.2, 0) is 26.2 Å². The number of benzene rings is 2. The van der Waals surface area contributed by atoms with Crippen molar-refractivity contribution in [2.24, 2.45) is 0 Å². The third-order valence-electron chi connectivity index (χ3n) is 6.36. The van der Waals surface area contributed by atoms with E-state index < -0.39 is 33.4 Å². The van der Waals surface area contributed by atoms with Crippen LogP contribution in [0.4, 0.5) is 11.4 Å². The van der Waals surface area contributed by atoms with Gasteiger partial charge in [-0.3, -0.25) is 24.0 Å². The summed E-state index contributed by atoms with van der Waals surface area (Å²) >= 11 is 6.00. The zero-order valence-corrected chi connectivity index (χ0v) is 22.4. The molecule has 0 bridgehead atoms. The number of halogens is 1. The maximum Gasteiger partial charge on any atom is 0.271 e. The SMILES string of the molecule is CC[C@H](C(=O)NC1CCCC1)N(Cc1ccc(Cl)cc1)C(=O)CN(c1cccc([N+](=O)[O-])c1)S(C)(=O)=O. The molecule has 0 unspecified atom stereocenters. The first-order valence-corrected chi connectivity index (χ1v) is 14.3. The van der Waals surface area contributed by atoms with E-state index >= 15 is 0 Å². The molecule has 0 spiro atoms. The standard InChI is InChI=1S/C25H31ClN4O6S/c1-3-23(25(32)27-20-7-4-5-8-20)28(16-18-11-13-19(26)14-12-18)24(31)17-29(37(2,35)36)21-9-6-10-22(15-21)30(33)34/h6,9-15,20,23H,3-5,7-8,16-17H2,1-2H3,(H,27,32)/t23-/m1/s1. The van der Waals surface area contributed by atoms with Gasteiger partial charge in [0.05, 0.1) is 16.9 Å². The van der Waals surface area contributed by atoms with E-state index in [1.807, 2.05) is 0 Å². The number of rotatable bonds is 11. The van der Waals surface area contributed by atoms with Crippen LogP contribution < -0.4 is 9.62 Å². The van der Waals surface area contributed by atoms with Gasteiger partial charge in [0.15, 0.2) is 0 Å². The molecule has 1 atom stereocenters. The topological polar surface area (TPSA) is 130 Å². The maximum absolute atomic E-state index is 13.7. The predicted octanol–water partition coefficient (Wildman–Crippen LogP) is 3.88. The van der Waals surface area contributed by atoms with Gasteiger partial charge in [-0.1, -0.05) is 49.6 Å². The summed E-state index contributed by atoms with van der Waals surface area (Å²) in [6.45, 7) is 1.22. The van der Waals surface area contributed by atoms with E-state index in [1.54, 1.807) is 31.2 Å².